The highest BCUT2D eigenvalue weighted by Crippen LogP contribution is 2.15. The maximum atomic E-state index is 12.4. The Labute approximate surface area is 383 Å². The fraction of sp³-hybridized carbons (Fsp3) is 0.755. The quantitative estimate of drug-likeness (QED) is 0.0395. The molecule has 15 heteroatoms. The van der Waals surface area contributed by atoms with Gasteiger partial charge in [0.25, 0.3) is 5.91 Å². The number of hydrogen-bond acceptors (Lipinski definition) is 11. The molecule has 1 aromatic carbocycles. The molecule has 0 aromatic heterocycles. The van der Waals surface area contributed by atoms with Crippen molar-refractivity contribution in [2.24, 2.45) is 5.73 Å². The first kappa shape index (κ1) is 58.1. The van der Waals surface area contributed by atoms with Crippen molar-refractivity contribution in [3.63, 3.8) is 0 Å². The highest BCUT2D eigenvalue weighted by Gasteiger charge is 2.18. The van der Waals surface area contributed by atoms with Crippen molar-refractivity contribution in [1.82, 2.24) is 10.6 Å². The number of rotatable bonds is 47. The predicted octanol–water partition coefficient (Wildman–Crippen LogP) is 7.86. The molecule has 15 nitrogen and oxygen atoms in total. The van der Waals surface area contributed by atoms with E-state index in [0.29, 0.717) is 102 Å². The molecule has 0 saturated carbocycles. The third-order valence-electron chi connectivity index (χ3n) is 10.7. The van der Waals surface area contributed by atoms with Gasteiger partial charge >= 0.3 is 5.97 Å². The third kappa shape index (κ3) is 36.4. The first-order valence-electron chi connectivity index (χ1n) is 24.4. The molecule has 0 fully saturated rings. The predicted molar refractivity (Wildman–Crippen MR) is 250 cm³/mol. The Morgan fingerprint density at radius 1 is 0.547 bits per heavy atom. The van der Waals surface area contributed by atoms with Crippen LogP contribution in [0.15, 0.2) is 24.3 Å². The number of primary amides is 1. The molecule has 0 heterocycles. The van der Waals surface area contributed by atoms with Gasteiger partial charge in [0, 0.05) is 63.2 Å². The van der Waals surface area contributed by atoms with Crippen LogP contribution in [0.4, 0.5) is 5.69 Å². The SMILES string of the molecule is CCCCNc1ccc(C(=O)NCCCC[C@H](NC(=O)COCCOCCCC(=O)COCCOCCCC(=O)CCCCCCCCCCCCCCCCC(=O)O)C(N)=O)cc1. The number of carboxylic acids is 1. The summed E-state index contributed by atoms with van der Waals surface area (Å²) in [6.07, 6.45) is 23.1. The lowest BCUT2D eigenvalue weighted by Crippen LogP contribution is -2.45. The van der Waals surface area contributed by atoms with E-state index in [-0.39, 0.29) is 38.1 Å². The molecule has 64 heavy (non-hydrogen) atoms. The van der Waals surface area contributed by atoms with Gasteiger partial charge in [-0.15, -0.1) is 0 Å². The Morgan fingerprint density at radius 2 is 1.05 bits per heavy atom. The second kappa shape index (κ2) is 41.8. The number of carbonyl (C=O) groups excluding carboxylic acids is 5. The zero-order valence-corrected chi connectivity index (χ0v) is 39.2. The van der Waals surface area contributed by atoms with Gasteiger partial charge in [0.2, 0.25) is 11.8 Å². The van der Waals surface area contributed by atoms with E-state index in [2.05, 4.69) is 22.9 Å². The van der Waals surface area contributed by atoms with Crippen LogP contribution in [0, 0.1) is 0 Å². The van der Waals surface area contributed by atoms with Gasteiger partial charge in [0.15, 0.2) is 5.78 Å². The van der Waals surface area contributed by atoms with E-state index in [9.17, 15) is 28.8 Å². The molecular formula is C49H84N4O11. The summed E-state index contributed by atoms with van der Waals surface area (Å²) in [5, 5.41) is 17.4. The first-order chi connectivity index (χ1) is 31.1. The number of amides is 3. The lowest BCUT2D eigenvalue weighted by atomic mass is 10.0. The lowest BCUT2D eigenvalue weighted by Gasteiger charge is -2.15. The van der Waals surface area contributed by atoms with Gasteiger partial charge in [-0.2, -0.15) is 0 Å². The van der Waals surface area contributed by atoms with Crippen LogP contribution >= 0.6 is 0 Å². The fourth-order valence-corrected chi connectivity index (χ4v) is 6.90. The molecule has 0 aliphatic rings. The maximum absolute atomic E-state index is 12.4. The average molecular weight is 905 g/mol. The molecule has 0 unspecified atom stereocenters. The van der Waals surface area contributed by atoms with Crippen molar-refractivity contribution in [1.29, 1.82) is 0 Å². The molecule has 6 N–H and O–H groups in total. The first-order valence-corrected chi connectivity index (χ1v) is 24.4. The van der Waals surface area contributed by atoms with E-state index in [0.717, 1.165) is 57.2 Å². The van der Waals surface area contributed by atoms with Gasteiger partial charge < -0.3 is 45.7 Å². The fourth-order valence-electron chi connectivity index (χ4n) is 6.90. The van der Waals surface area contributed by atoms with Crippen LogP contribution in [0.25, 0.3) is 0 Å². The third-order valence-corrected chi connectivity index (χ3v) is 10.7. The topological polar surface area (TPSA) is 222 Å². The standard InChI is InChI=1S/C49H84N4O11/c1-2-3-31-51-42-29-27-41(28-30-42)49(60)52-32-19-18-25-45(48(50)59)53-46(56)40-64-38-36-62-34-21-24-44(55)39-63-37-35-61-33-20-23-43(54)22-16-14-12-10-8-6-4-5-7-9-11-13-15-17-26-47(57)58/h27-30,45,51H,2-26,31-40H2,1H3,(H2,50,59)(H,52,60)(H,53,56)(H,57,58)/t45-/m0/s1. The lowest BCUT2D eigenvalue weighted by molar-refractivity contribution is -0.137. The molecule has 1 rings (SSSR count). The zero-order valence-electron chi connectivity index (χ0n) is 39.2. The van der Waals surface area contributed by atoms with Crippen LogP contribution in [0.3, 0.4) is 0 Å². The van der Waals surface area contributed by atoms with Crippen molar-refractivity contribution in [3.05, 3.63) is 29.8 Å². The molecule has 0 aliphatic heterocycles. The smallest absolute Gasteiger partial charge is 0.303 e. The van der Waals surface area contributed by atoms with Crippen molar-refractivity contribution in [2.45, 2.75) is 173 Å². The number of aliphatic carboxylic acids is 1. The number of ketones is 2. The normalized spacial score (nSPS) is 11.6. The van der Waals surface area contributed by atoms with E-state index in [1.165, 1.54) is 57.8 Å². The molecule has 1 aromatic rings. The van der Waals surface area contributed by atoms with Crippen LogP contribution in [-0.4, -0.2) is 112 Å². The van der Waals surface area contributed by atoms with Crippen LogP contribution in [0.2, 0.25) is 0 Å². The van der Waals surface area contributed by atoms with E-state index in [1.54, 1.807) is 12.1 Å². The molecule has 0 aliphatic carbocycles. The summed E-state index contributed by atoms with van der Waals surface area (Å²) in [4.78, 5) is 71.4. The minimum absolute atomic E-state index is 0.00928. The van der Waals surface area contributed by atoms with Crippen molar-refractivity contribution >= 4 is 40.9 Å². The molecule has 0 saturated heterocycles. The second-order valence-electron chi connectivity index (χ2n) is 16.6. The molecule has 1 atom stereocenters. The van der Waals surface area contributed by atoms with Gasteiger partial charge in [-0.1, -0.05) is 90.4 Å². The summed E-state index contributed by atoms with van der Waals surface area (Å²) in [5.74, 6) is -1.71. The van der Waals surface area contributed by atoms with Gasteiger partial charge in [0.05, 0.1) is 26.4 Å². The highest BCUT2D eigenvalue weighted by atomic mass is 16.5. The molecule has 0 spiro atoms. The van der Waals surface area contributed by atoms with Crippen LogP contribution in [0.1, 0.15) is 178 Å². The number of Topliss-reactive ketones (excluding diaryl/α,β-unsaturated/α-hetero) is 2. The van der Waals surface area contributed by atoms with Crippen LogP contribution < -0.4 is 21.7 Å². The molecule has 0 radical (unpaired) electrons. The Bertz CT molecular complexity index is 1380. The molecule has 366 valence electrons. The molecule has 0 bridgehead atoms. The van der Waals surface area contributed by atoms with E-state index in [4.69, 9.17) is 29.8 Å². The van der Waals surface area contributed by atoms with Gasteiger partial charge in [0.1, 0.15) is 25.0 Å². The number of carbonyl (C=O) groups is 6. The number of ether oxygens (including phenoxy) is 4. The van der Waals surface area contributed by atoms with E-state index >= 15 is 0 Å². The average Bonchev–Trinajstić information content (AvgIpc) is 3.27. The van der Waals surface area contributed by atoms with Gasteiger partial charge in [-0.3, -0.25) is 28.8 Å². The number of benzene rings is 1. The number of nitrogens with two attached hydrogens (primary N) is 1. The molecular weight excluding hydrogens is 821 g/mol. The second-order valence-corrected chi connectivity index (χ2v) is 16.6. The number of unbranched alkanes of at least 4 members (excludes halogenated alkanes) is 15. The zero-order chi connectivity index (χ0) is 46.7. The van der Waals surface area contributed by atoms with Crippen molar-refractivity contribution in [2.75, 3.05) is 71.3 Å². The summed E-state index contributed by atoms with van der Waals surface area (Å²) in [6.45, 7) is 5.16. The van der Waals surface area contributed by atoms with E-state index in [1.807, 2.05) is 12.1 Å². The van der Waals surface area contributed by atoms with E-state index < -0.39 is 23.8 Å². The Kier molecular flexibility index (Phi) is 37.9. The van der Waals surface area contributed by atoms with Crippen LogP contribution in [-0.2, 0) is 42.9 Å². The Balaban J connectivity index is 1.89. The minimum Gasteiger partial charge on any atom is -0.481 e. The number of nitrogens with one attached hydrogen (secondary N) is 3. The summed E-state index contributed by atoms with van der Waals surface area (Å²) >= 11 is 0. The Morgan fingerprint density at radius 3 is 1.59 bits per heavy atom. The summed E-state index contributed by atoms with van der Waals surface area (Å²) in [7, 11) is 0. The van der Waals surface area contributed by atoms with Gasteiger partial charge in [-0.25, -0.2) is 0 Å². The van der Waals surface area contributed by atoms with Crippen molar-refractivity contribution < 1.29 is 52.8 Å². The number of hydrogen-bond donors (Lipinski definition) is 5. The van der Waals surface area contributed by atoms with Crippen molar-refractivity contribution in [3.8, 4) is 0 Å². The minimum atomic E-state index is -0.840. The molecule has 3 amide bonds. The summed E-state index contributed by atoms with van der Waals surface area (Å²) < 4.78 is 21.8. The monoisotopic (exact) mass is 905 g/mol. The number of carboxylic acid groups (broad SMARTS) is 1. The highest BCUT2D eigenvalue weighted by molar-refractivity contribution is 5.94. The van der Waals surface area contributed by atoms with Gasteiger partial charge in [-0.05, 0) is 75.6 Å². The summed E-state index contributed by atoms with van der Waals surface area (Å²) in [5.41, 5.74) is 7.03. The maximum Gasteiger partial charge on any atom is 0.303 e. The number of anilines is 1. The largest absolute Gasteiger partial charge is 0.481 e. The van der Waals surface area contributed by atoms with Crippen LogP contribution in [0.5, 0.6) is 0 Å². The Hall–Kier alpha value is -3.92. The summed E-state index contributed by atoms with van der Waals surface area (Å²) in [6, 6.07) is 6.49.